The highest BCUT2D eigenvalue weighted by molar-refractivity contribution is 5.94. The number of nitriles is 1. The summed E-state index contributed by atoms with van der Waals surface area (Å²) in [5.41, 5.74) is 2.13. The monoisotopic (exact) mass is 368 g/mol. The second-order valence-corrected chi connectivity index (χ2v) is 6.40. The Balaban J connectivity index is 1.96. The van der Waals surface area contributed by atoms with Crippen molar-refractivity contribution in [1.29, 1.82) is 5.26 Å². The van der Waals surface area contributed by atoms with E-state index in [0.29, 0.717) is 22.7 Å². The predicted octanol–water partition coefficient (Wildman–Crippen LogP) is 1.66. The Morgan fingerprint density at radius 1 is 1.19 bits per heavy atom. The van der Waals surface area contributed by atoms with Crippen LogP contribution in [-0.2, 0) is 11.2 Å². The van der Waals surface area contributed by atoms with Crippen LogP contribution in [0.4, 0.5) is 5.69 Å². The predicted molar refractivity (Wildman–Crippen MR) is 104 cm³/mol. The first-order chi connectivity index (χ1) is 13.0. The van der Waals surface area contributed by atoms with Crippen molar-refractivity contribution in [2.45, 2.75) is 19.4 Å². The van der Waals surface area contributed by atoms with Crippen LogP contribution < -0.4 is 19.7 Å². The van der Waals surface area contributed by atoms with Crippen LogP contribution in [0.15, 0.2) is 42.5 Å². The van der Waals surface area contributed by atoms with E-state index in [1.165, 1.54) is 0 Å². The average Bonchev–Trinajstić information content (AvgIpc) is 2.71. The van der Waals surface area contributed by atoms with Gasteiger partial charge < -0.3 is 19.7 Å². The van der Waals surface area contributed by atoms with Gasteiger partial charge in [0.15, 0.2) is 17.5 Å². The lowest BCUT2D eigenvalue weighted by atomic mass is 10.1. The summed E-state index contributed by atoms with van der Waals surface area (Å²) in [4.78, 5) is 13.6. The normalized spacial score (nSPS) is 12.6. The van der Waals surface area contributed by atoms with Crippen LogP contribution in [0, 0.1) is 11.3 Å². The van der Waals surface area contributed by atoms with Gasteiger partial charge in [-0.25, -0.2) is 0 Å². The van der Waals surface area contributed by atoms with Gasteiger partial charge in [0.2, 0.25) is 0 Å². The second kappa shape index (κ2) is 9.60. The summed E-state index contributed by atoms with van der Waals surface area (Å²) in [7, 11) is 5.21. The molecule has 0 bridgehead atoms. The molecular weight excluding hydrogens is 342 g/mol. The number of ether oxygens (including phenoxy) is 2. The lowest BCUT2D eigenvalue weighted by molar-refractivity contribution is -0.893. The Kier molecular flexibility index (Phi) is 7.21. The molecule has 6 heteroatoms. The van der Waals surface area contributed by atoms with E-state index >= 15 is 0 Å². The zero-order valence-corrected chi connectivity index (χ0v) is 16.2. The average molecular weight is 368 g/mol. The molecule has 2 rings (SSSR count). The first-order valence-corrected chi connectivity index (χ1v) is 8.83. The highest BCUT2D eigenvalue weighted by Crippen LogP contribution is 2.27. The fourth-order valence-electron chi connectivity index (χ4n) is 2.75. The van der Waals surface area contributed by atoms with Gasteiger partial charge in [0.25, 0.3) is 5.91 Å². The number of quaternary nitrogens is 1. The molecule has 142 valence electrons. The number of benzene rings is 2. The van der Waals surface area contributed by atoms with Crippen molar-refractivity contribution in [1.82, 2.24) is 0 Å². The lowest BCUT2D eigenvalue weighted by Crippen LogP contribution is -3.14. The number of carbonyl (C=O) groups excluding carboxylic acids is 1. The van der Waals surface area contributed by atoms with E-state index in [9.17, 15) is 4.79 Å². The third-order valence-corrected chi connectivity index (χ3v) is 4.69. The summed E-state index contributed by atoms with van der Waals surface area (Å²) in [5, 5.41) is 12.0. The number of rotatable bonds is 8. The molecule has 0 saturated carbocycles. The summed E-state index contributed by atoms with van der Waals surface area (Å²) >= 11 is 0. The Morgan fingerprint density at radius 2 is 1.89 bits per heavy atom. The number of para-hydroxylation sites is 1. The third kappa shape index (κ3) is 5.22. The second-order valence-electron chi connectivity index (χ2n) is 6.40. The van der Waals surface area contributed by atoms with Crippen molar-refractivity contribution in [2.75, 3.05) is 33.1 Å². The van der Waals surface area contributed by atoms with Crippen LogP contribution in [0.5, 0.6) is 11.5 Å². The molecule has 6 nitrogen and oxygen atoms in total. The quantitative estimate of drug-likeness (QED) is 0.743. The van der Waals surface area contributed by atoms with Crippen molar-refractivity contribution < 1.29 is 19.2 Å². The molecule has 1 unspecified atom stereocenters. The third-order valence-electron chi connectivity index (χ3n) is 4.69. The van der Waals surface area contributed by atoms with E-state index in [-0.39, 0.29) is 11.9 Å². The summed E-state index contributed by atoms with van der Waals surface area (Å²) in [6.07, 6.45) is 0.804. The molecule has 0 saturated heterocycles. The molecule has 0 aliphatic heterocycles. The molecule has 27 heavy (non-hydrogen) atoms. The SMILES string of the molecule is COc1ccc(CC[NH+](C)[C@@H](C)C(=O)Nc2ccccc2C#N)cc1OC. The van der Waals surface area contributed by atoms with Crippen molar-refractivity contribution in [3.8, 4) is 17.6 Å². The molecular formula is C21H26N3O3+. The van der Waals surface area contributed by atoms with Crippen LogP contribution in [-0.4, -0.2) is 39.8 Å². The highest BCUT2D eigenvalue weighted by atomic mass is 16.5. The van der Waals surface area contributed by atoms with Gasteiger partial charge in [-0.15, -0.1) is 0 Å². The first kappa shape index (κ1) is 20.3. The number of amides is 1. The van der Waals surface area contributed by atoms with Gasteiger partial charge in [0.05, 0.1) is 39.1 Å². The molecule has 0 radical (unpaired) electrons. The Hall–Kier alpha value is -3.04. The van der Waals surface area contributed by atoms with E-state index in [2.05, 4.69) is 11.4 Å². The number of nitrogens with one attached hydrogen (secondary N) is 2. The number of nitrogens with zero attached hydrogens (tertiary/aromatic N) is 1. The summed E-state index contributed by atoms with van der Waals surface area (Å²) in [5.74, 6) is 1.29. The number of likely N-dealkylation sites (N-methyl/N-ethyl adjacent to an activating group) is 1. The number of carbonyl (C=O) groups is 1. The topological polar surface area (TPSA) is 75.8 Å². The lowest BCUT2D eigenvalue weighted by Gasteiger charge is -2.21. The maximum absolute atomic E-state index is 12.5. The molecule has 1 amide bonds. The van der Waals surface area contributed by atoms with Crippen molar-refractivity contribution in [3.63, 3.8) is 0 Å². The largest absolute Gasteiger partial charge is 0.493 e. The summed E-state index contributed by atoms with van der Waals surface area (Å²) < 4.78 is 10.6. The van der Waals surface area contributed by atoms with Crippen LogP contribution >= 0.6 is 0 Å². The van der Waals surface area contributed by atoms with Gasteiger partial charge in [-0.3, -0.25) is 4.79 Å². The van der Waals surface area contributed by atoms with Crippen molar-refractivity contribution in [3.05, 3.63) is 53.6 Å². The standard InChI is InChI=1S/C21H25N3O3/c1-15(21(25)23-18-8-6-5-7-17(18)14-22)24(2)12-11-16-9-10-19(26-3)20(13-16)27-4/h5-10,13,15H,11-12H2,1-4H3,(H,23,25)/p+1/t15-/m0/s1. The van der Waals surface area contributed by atoms with Gasteiger partial charge in [-0.2, -0.15) is 5.26 Å². The molecule has 2 atom stereocenters. The van der Waals surface area contributed by atoms with Crippen molar-refractivity contribution in [2.24, 2.45) is 0 Å². The zero-order valence-electron chi connectivity index (χ0n) is 16.2. The number of methoxy groups -OCH3 is 2. The molecule has 0 aromatic heterocycles. The van der Waals surface area contributed by atoms with Crippen LogP contribution in [0.1, 0.15) is 18.1 Å². The van der Waals surface area contributed by atoms with E-state index < -0.39 is 0 Å². The summed E-state index contributed by atoms with van der Waals surface area (Å²) in [6, 6.07) is 14.7. The minimum absolute atomic E-state index is 0.109. The number of hydrogen-bond acceptors (Lipinski definition) is 4. The molecule has 2 N–H and O–H groups in total. The van der Waals surface area contributed by atoms with Crippen LogP contribution in [0.25, 0.3) is 0 Å². The van der Waals surface area contributed by atoms with Crippen molar-refractivity contribution >= 4 is 11.6 Å². The van der Waals surface area contributed by atoms with Gasteiger partial charge >= 0.3 is 0 Å². The maximum atomic E-state index is 12.5. The maximum Gasteiger partial charge on any atom is 0.282 e. The van der Waals surface area contributed by atoms with E-state index in [0.717, 1.165) is 23.4 Å². The van der Waals surface area contributed by atoms with E-state index in [1.54, 1.807) is 38.5 Å². The molecule has 2 aromatic rings. The molecule has 0 spiro atoms. The van der Waals surface area contributed by atoms with Gasteiger partial charge in [0.1, 0.15) is 6.07 Å². The molecule has 0 fully saturated rings. The Labute approximate surface area is 160 Å². The molecule has 0 heterocycles. The smallest absolute Gasteiger partial charge is 0.282 e. The number of hydrogen-bond donors (Lipinski definition) is 2. The minimum Gasteiger partial charge on any atom is -0.493 e. The van der Waals surface area contributed by atoms with Gasteiger partial charge in [0, 0.05) is 6.42 Å². The Morgan fingerprint density at radius 3 is 2.56 bits per heavy atom. The molecule has 0 aliphatic rings. The fraction of sp³-hybridized carbons (Fsp3) is 0.333. The van der Waals surface area contributed by atoms with Crippen LogP contribution in [0.3, 0.4) is 0 Å². The van der Waals surface area contributed by atoms with Gasteiger partial charge in [-0.05, 0) is 36.8 Å². The molecule has 0 aliphatic carbocycles. The first-order valence-electron chi connectivity index (χ1n) is 8.83. The zero-order chi connectivity index (χ0) is 19.8. The van der Waals surface area contributed by atoms with E-state index in [4.69, 9.17) is 14.7 Å². The number of anilines is 1. The summed E-state index contributed by atoms with van der Waals surface area (Å²) in [6.45, 7) is 2.66. The minimum atomic E-state index is -0.253. The Bertz CT molecular complexity index is 830. The van der Waals surface area contributed by atoms with Gasteiger partial charge in [-0.1, -0.05) is 18.2 Å². The highest BCUT2D eigenvalue weighted by Gasteiger charge is 2.22. The van der Waals surface area contributed by atoms with Crippen LogP contribution in [0.2, 0.25) is 0 Å². The molecule has 2 aromatic carbocycles. The van der Waals surface area contributed by atoms with E-state index in [1.807, 2.05) is 32.2 Å². The fourth-order valence-corrected chi connectivity index (χ4v) is 2.75.